The average molecular weight is 80.1 g/mol. The quantitative estimate of drug-likeness (QED) is 0.392. The highest BCUT2D eigenvalue weighted by Gasteiger charge is 1.60. The van der Waals surface area contributed by atoms with E-state index in [1.807, 2.05) is 0 Å². The van der Waals surface area contributed by atoms with Gasteiger partial charge in [-0.25, -0.2) is 4.79 Å². The van der Waals surface area contributed by atoms with Crippen molar-refractivity contribution >= 4 is 6.03 Å². The Morgan fingerprint density at radius 1 is 1.40 bits per heavy atom. The van der Waals surface area contributed by atoms with Gasteiger partial charge < -0.3 is 11.5 Å². The lowest BCUT2D eigenvalue weighted by molar-refractivity contribution is 0.256. The predicted molar refractivity (Wildman–Crippen MR) is 16.3 cm³/mol. The minimum absolute atomic E-state index is 0. The van der Waals surface area contributed by atoms with E-state index in [1.54, 1.807) is 0 Å². The molecule has 5 heavy (non-hydrogen) atoms. The normalized spacial score (nSPS) is 4.80. The van der Waals surface area contributed by atoms with Crippen LogP contribution in [0, 0.1) is 0 Å². The number of rotatable bonds is 0. The van der Waals surface area contributed by atoms with Gasteiger partial charge in [-0.15, -0.1) is 0 Å². The largest absolute Gasteiger partial charge is 0.352 e. The fourth-order valence-electron chi connectivity index (χ4n) is 0. The molecule has 0 bridgehead atoms. The van der Waals surface area contributed by atoms with Crippen molar-refractivity contribution in [2.45, 2.75) is 0 Å². The van der Waals surface area contributed by atoms with E-state index in [-0.39, 0.29) is 4.70 Å². The highest BCUT2D eigenvalue weighted by atomic mass is 19.0. The van der Waals surface area contributed by atoms with Gasteiger partial charge in [0, 0.05) is 0 Å². The summed E-state index contributed by atoms with van der Waals surface area (Å²) in [4.78, 5) is 9.00. The summed E-state index contributed by atoms with van der Waals surface area (Å²) in [5, 5.41) is 0. The Bertz CT molecular complexity index is 32.6. The van der Waals surface area contributed by atoms with Crippen LogP contribution in [-0.4, -0.2) is 6.03 Å². The molecule has 0 aliphatic heterocycles. The van der Waals surface area contributed by atoms with Gasteiger partial charge >= 0.3 is 6.03 Å². The lowest BCUT2D eigenvalue weighted by atomic mass is 11.2. The number of amides is 2. The molecule has 0 aromatic carbocycles. The molecule has 3 nitrogen and oxygen atoms in total. The molecule has 4 heteroatoms. The summed E-state index contributed by atoms with van der Waals surface area (Å²) in [5.74, 6) is 0. The van der Waals surface area contributed by atoms with Crippen LogP contribution in [0.3, 0.4) is 0 Å². The zero-order valence-electron chi connectivity index (χ0n) is 2.47. The van der Waals surface area contributed by atoms with E-state index >= 15 is 0 Å². The first-order chi connectivity index (χ1) is 1.73. The molecule has 0 aromatic rings. The Morgan fingerprint density at radius 3 is 1.40 bits per heavy atom. The average Bonchev–Trinajstić information content (AvgIpc) is 0.811. The van der Waals surface area contributed by atoms with Crippen molar-refractivity contribution < 1.29 is 9.50 Å². The zero-order chi connectivity index (χ0) is 3.58. The first-order valence-corrected chi connectivity index (χ1v) is 0.781. The smallest absolute Gasteiger partial charge is 0.309 e. The van der Waals surface area contributed by atoms with Crippen LogP contribution in [0.4, 0.5) is 9.50 Å². The zero-order valence-corrected chi connectivity index (χ0v) is 2.47. The molecule has 0 radical (unpaired) electrons. The van der Waals surface area contributed by atoms with Gasteiger partial charge in [0.1, 0.15) is 0 Å². The molecule has 0 saturated heterocycles. The number of urea groups is 1. The van der Waals surface area contributed by atoms with Crippen LogP contribution in [0.2, 0.25) is 0 Å². The van der Waals surface area contributed by atoms with Gasteiger partial charge in [0.15, 0.2) is 0 Å². The Hall–Kier alpha value is -0.800. The van der Waals surface area contributed by atoms with E-state index in [2.05, 4.69) is 11.5 Å². The molecule has 0 aliphatic rings. The molecule has 0 aromatic heterocycles. The van der Waals surface area contributed by atoms with Crippen molar-refractivity contribution in [3.05, 3.63) is 0 Å². The van der Waals surface area contributed by atoms with E-state index in [0.717, 1.165) is 0 Å². The minimum atomic E-state index is -0.833. The van der Waals surface area contributed by atoms with Gasteiger partial charge in [-0.3, -0.25) is 4.70 Å². The van der Waals surface area contributed by atoms with Crippen LogP contribution in [0.15, 0.2) is 0 Å². The lowest BCUT2D eigenvalue weighted by Gasteiger charge is -1.62. The highest BCUT2D eigenvalue weighted by molar-refractivity contribution is 5.69. The highest BCUT2D eigenvalue weighted by Crippen LogP contribution is 1.25. The van der Waals surface area contributed by atoms with Gasteiger partial charge in [0.2, 0.25) is 0 Å². The third-order valence-electron chi connectivity index (χ3n) is 0. The van der Waals surface area contributed by atoms with Gasteiger partial charge in [-0.05, 0) is 0 Å². The number of nitrogens with two attached hydrogens (primary N) is 2. The summed E-state index contributed by atoms with van der Waals surface area (Å²) in [7, 11) is 0. The maximum absolute atomic E-state index is 9.00. The third kappa shape index (κ3) is 7.20. The Balaban J connectivity index is 0. The number of carbonyl (C=O) groups is 1. The molecule has 0 spiro atoms. The summed E-state index contributed by atoms with van der Waals surface area (Å²) in [6.07, 6.45) is 0. The van der Waals surface area contributed by atoms with E-state index in [1.165, 1.54) is 0 Å². The molecule has 0 heterocycles. The second-order valence-electron chi connectivity index (χ2n) is 0.402. The van der Waals surface area contributed by atoms with E-state index in [4.69, 9.17) is 4.79 Å². The monoisotopic (exact) mass is 80.0 g/mol. The van der Waals surface area contributed by atoms with Crippen LogP contribution < -0.4 is 11.5 Å². The standard InChI is InChI=1S/CH4N2O.FH/c2-1(3)4;/h(H4,2,3,4);1H. The number of primary amides is 2. The SMILES string of the molecule is F.NC(N)=O. The molecular weight excluding hydrogens is 75.0 g/mol. The summed E-state index contributed by atoms with van der Waals surface area (Å²) >= 11 is 0. The van der Waals surface area contributed by atoms with Crippen molar-refractivity contribution in [2.24, 2.45) is 11.5 Å². The fourth-order valence-corrected chi connectivity index (χ4v) is 0. The van der Waals surface area contributed by atoms with Gasteiger partial charge in [-0.2, -0.15) is 0 Å². The molecule has 0 fully saturated rings. The molecule has 0 saturated carbocycles. The molecule has 2 amide bonds. The summed E-state index contributed by atoms with van der Waals surface area (Å²) in [5.41, 5.74) is 8.50. The Labute approximate surface area is 28.3 Å². The van der Waals surface area contributed by atoms with E-state index in [9.17, 15) is 0 Å². The van der Waals surface area contributed by atoms with Crippen LogP contribution in [0.1, 0.15) is 0 Å². The van der Waals surface area contributed by atoms with Crippen LogP contribution in [0.5, 0.6) is 0 Å². The Morgan fingerprint density at radius 2 is 1.40 bits per heavy atom. The first kappa shape index (κ1) is 8.89. The molecule has 0 unspecified atom stereocenters. The maximum atomic E-state index is 9.00. The molecule has 0 atom stereocenters. The van der Waals surface area contributed by atoms with Crippen molar-refractivity contribution in [1.82, 2.24) is 0 Å². The Kier molecular flexibility index (Phi) is 5.69. The van der Waals surface area contributed by atoms with Gasteiger partial charge in [-0.1, -0.05) is 0 Å². The van der Waals surface area contributed by atoms with E-state index in [0.29, 0.717) is 0 Å². The van der Waals surface area contributed by atoms with Gasteiger partial charge in [0.05, 0.1) is 0 Å². The molecule has 0 rings (SSSR count). The molecule has 4 N–H and O–H groups in total. The van der Waals surface area contributed by atoms with Crippen molar-refractivity contribution in [3.8, 4) is 0 Å². The molecule has 32 valence electrons. The summed E-state index contributed by atoms with van der Waals surface area (Å²) in [6.45, 7) is 0. The number of carbonyl (C=O) groups excluding carboxylic acids is 1. The second kappa shape index (κ2) is 3.20. The third-order valence-corrected chi connectivity index (χ3v) is 0. The van der Waals surface area contributed by atoms with Crippen LogP contribution in [0.25, 0.3) is 0 Å². The fraction of sp³-hybridized carbons (Fsp3) is 0. The number of hydrogen-bond acceptors (Lipinski definition) is 1. The maximum Gasteiger partial charge on any atom is 0.309 e. The lowest BCUT2D eigenvalue weighted by Crippen LogP contribution is -2.18. The number of hydrogen-bond donors (Lipinski definition) is 2. The summed E-state index contributed by atoms with van der Waals surface area (Å²) in [6, 6.07) is -0.833. The van der Waals surface area contributed by atoms with Crippen molar-refractivity contribution in [3.63, 3.8) is 0 Å². The minimum Gasteiger partial charge on any atom is -0.352 e. The predicted octanol–water partition coefficient (Wildman–Crippen LogP) is -0.824. The van der Waals surface area contributed by atoms with E-state index < -0.39 is 6.03 Å². The van der Waals surface area contributed by atoms with Crippen molar-refractivity contribution in [2.75, 3.05) is 0 Å². The van der Waals surface area contributed by atoms with Gasteiger partial charge in [0.25, 0.3) is 0 Å². The topological polar surface area (TPSA) is 69.1 Å². The van der Waals surface area contributed by atoms with Crippen LogP contribution >= 0.6 is 0 Å². The van der Waals surface area contributed by atoms with Crippen molar-refractivity contribution in [1.29, 1.82) is 0 Å². The van der Waals surface area contributed by atoms with Crippen LogP contribution in [-0.2, 0) is 0 Å². The molecule has 0 aliphatic carbocycles. The first-order valence-electron chi connectivity index (χ1n) is 0.781. The molecular formula is CH5FN2O. The summed E-state index contributed by atoms with van der Waals surface area (Å²) < 4.78 is 0. The number of halogens is 1. The second-order valence-corrected chi connectivity index (χ2v) is 0.402.